The molecule has 0 saturated carbocycles. The number of amides is 1. The quantitative estimate of drug-likeness (QED) is 0.438. The van der Waals surface area contributed by atoms with Crippen molar-refractivity contribution >= 4 is 12.3 Å². The number of ether oxygens (including phenoxy) is 1. The Hall–Kier alpha value is -2.58. The van der Waals surface area contributed by atoms with Crippen LogP contribution in [0.15, 0.2) is 14.7 Å². The zero-order valence-corrected chi connectivity index (χ0v) is 12.1. The fourth-order valence-corrected chi connectivity index (χ4v) is 1.46. The third kappa shape index (κ3) is 3.94. The number of hydrogen-bond donors (Lipinski definition) is 2. The molecule has 1 heterocycles. The summed E-state index contributed by atoms with van der Waals surface area (Å²) in [6.07, 6.45) is 1.82. The summed E-state index contributed by atoms with van der Waals surface area (Å²) in [6, 6.07) is 0. The number of nitrogens with zero attached hydrogens (tertiary/aromatic N) is 3. The second-order valence-electron chi connectivity index (χ2n) is 4.30. The molecule has 0 aliphatic carbocycles. The van der Waals surface area contributed by atoms with Crippen molar-refractivity contribution in [2.45, 2.75) is 19.8 Å². The van der Waals surface area contributed by atoms with Crippen LogP contribution < -0.4 is 16.7 Å². The van der Waals surface area contributed by atoms with E-state index in [0.29, 0.717) is 0 Å². The van der Waals surface area contributed by atoms with Crippen LogP contribution >= 0.6 is 0 Å². The molecule has 9 heteroatoms. The molecule has 0 fully saturated rings. The van der Waals surface area contributed by atoms with Crippen LogP contribution in [0.5, 0.6) is 5.88 Å². The summed E-state index contributed by atoms with van der Waals surface area (Å²) in [5.74, 6) is -0.534. The lowest BCUT2D eigenvalue weighted by atomic mass is 10.3. The minimum absolute atomic E-state index is 0.214. The Morgan fingerprint density at radius 3 is 2.67 bits per heavy atom. The minimum Gasteiger partial charge on any atom is -0.494 e. The van der Waals surface area contributed by atoms with Crippen LogP contribution in [-0.4, -0.2) is 33.2 Å². The molecule has 0 bridgehead atoms. The maximum absolute atomic E-state index is 11.8. The van der Waals surface area contributed by atoms with E-state index >= 15 is 0 Å². The van der Waals surface area contributed by atoms with Gasteiger partial charge in [-0.2, -0.15) is 5.10 Å². The van der Waals surface area contributed by atoms with E-state index in [1.807, 2.05) is 6.92 Å². The van der Waals surface area contributed by atoms with Gasteiger partial charge in [-0.15, -0.1) is 0 Å². The highest BCUT2D eigenvalue weighted by molar-refractivity contribution is 5.82. The van der Waals surface area contributed by atoms with Crippen LogP contribution in [0.4, 0.5) is 4.79 Å². The molecule has 2 N–H and O–H groups in total. The van der Waals surface area contributed by atoms with Gasteiger partial charge in [0.05, 0.1) is 12.8 Å². The Labute approximate surface area is 120 Å². The number of carbonyl (C=O) groups excluding carboxylic acids is 1. The summed E-state index contributed by atoms with van der Waals surface area (Å²) >= 11 is 0. The molecule has 1 aromatic heterocycles. The molecule has 0 atom stereocenters. The molecule has 1 amide bonds. The average Bonchev–Trinajstić information content (AvgIpc) is 2.47. The van der Waals surface area contributed by atoms with Crippen LogP contribution in [0.2, 0.25) is 0 Å². The summed E-state index contributed by atoms with van der Waals surface area (Å²) in [6.45, 7) is 2.22. The van der Waals surface area contributed by atoms with Crippen molar-refractivity contribution < 1.29 is 14.6 Å². The highest BCUT2D eigenvalue weighted by Gasteiger charge is 2.12. The van der Waals surface area contributed by atoms with Crippen molar-refractivity contribution in [3.63, 3.8) is 0 Å². The van der Waals surface area contributed by atoms with Crippen molar-refractivity contribution in [1.29, 1.82) is 0 Å². The van der Waals surface area contributed by atoms with Gasteiger partial charge < -0.3 is 9.84 Å². The molecule has 1 rings (SSSR count). The van der Waals surface area contributed by atoms with Gasteiger partial charge in [-0.05, 0) is 6.42 Å². The highest BCUT2D eigenvalue weighted by Crippen LogP contribution is 2.05. The smallest absolute Gasteiger partial charge is 0.427 e. The number of rotatable bonds is 5. The first-order valence-electron chi connectivity index (χ1n) is 6.35. The number of hydrazone groups is 1. The van der Waals surface area contributed by atoms with E-state index in [2.05, 4.69) is 10.5 Å². The zero-order valence-electron chi connectivity index (χ0n) is 12.1. The molecule has 0 unspecified atom stereocenters. The van der Waals surface area contributed by atoms with Crippen molar-refractivity contribution in [1.82, 2.24) is 14.6 Å². The van der Waals surface area contributed by atoms with E-state index in [1.54, 1.807) is 0 Å². The van der Waals surface area contributed by atoms with Crippen molar-refractivity contribution in [3.05, 3.63) is 26.4 Å². The number of aromatic nitrogens is 2. The predicted molar refractivity (Wildman–Crippen MR) is 75.6 cm³/mol. The minimum atomic E-state index is -0.763. The van der Waals surface area contributed by atoms with Gasteiger partial charge in [0.1, 0.15) is 5.56 Å². The van der Waals surface area contributed by atoms with Gasteiger partial charge in [0.25, 0.3) is 5.56 Å². The first kappa shape index (κ1) is 16.5. The summed E-state index contributed by atoms with van der Waals surface area (Å²) in [5.41, 5.74) is 0.458. The number of unbranched alkanes of at least 4 members (excludes halogenated alkanes) is 1. The maximum atomic E-state index is 11.8. The average molecular weight is 298 g/mol. The van der Waals surface area contributed by atoms with Crippen LogP contribution in [0, 0.1) is 0 Å². The number of aromatic hydroxyl groups is 1. The molecular weight excluding hydrogens is 280 g/mol. The summed E-state index contributed by atoms with van der Waals surface area (Å²) < 4.78 is 6.49. The van der Waals surface area contributed by atoms with Crippen LogP contribution in [0.1, 0.15) is 25.3 Å². The first-order valence-corrected chi connectivity index (χ1v) is 6.35. The SMILES string of the molecule is CCCCOC(=O)N/N=C/c1c(O)n(C)c(=O)n(C)c1=O. The molecule has 0 aromatic carbocycles. The predicted octanol–water partition coefficient (Wildman–Crippen LogP) is -0.350. The van der Waals surface area contributed by atoms with E-state index < -0.39 is 23.2 Å². The molecule has 0 radical (unpaired) electrons. The molecule has 21 heavy (non-hydrogen) atoms. The molecule has 1 aromatic rings. The van der Waals surface area contributed by atoms with Crippen molar-refractivity contribution in [2.24, 2.45) is 19.2 Å². The van der Waals surface area contributed by atoms with Crippen molar-refractivity contribution in [2.75, 3.05) is 6.61 Å². The zero-order chi connectivity index (χ0) is 16.0. The largest absolute Gasteiger partial charge is 0.494 e. The van der Waals surface area contributed by atoms with E-state index in [4.69, 9.17) is 4.74 Å². The van der Waals surface area contributed by atoms with Gasteiger partial charge >= 0.3 is 11.8 Å². The Kier molecular flexibility index (Phi) is 5.70. The van der Waals surface area contributed by atoms with E-state index in [1.165, 1.54) is 14.1 Å². The van der Waals surface area contributed by atoms with Crippen molar-refractivity contribution in [3.8, 4) is 5.88 Å². The molecule has 0 aliphatic heterocycles. The second-order valence-corrected chi connectivity index (χ2v) is 4.30. The summed E-state index contributed by atoms with van der Waals surface area (Å²) in [4.78, 5) is 34.5. The first-order chi connectivity index (χ1) is 9.90. The Morgan fingerprint density at radius 2 is 2.05 bits per heavy atom. The van der Waals surface area contributed by atoms with E-state index in [-0.39, 0.29) is 12.2 Å². The number of hydrogen-bond acceptors (Lipinski definition) is 6. The molecule has 116 valence electrons. The van der Waals surface area contributed by atoms with Gasteiger partial charge in [0.15, 0.2) is 0 Å². The fraction of sp³-hybridized carbons (Fsp3) is 0.500. The maximum Gasteiger partial charge on any atom is 0.427 e. The third-order valence-electron chi connectivity index (χ3n) is 2.75. The molecule has 0 saturated heterocycles. The number of carbonyl (C=O) groups is 1. The molecule has 9 nitrogen and oxygen atoms in total. The Bertz CT molecular complexity index is 659. The fourth-order valence-electron chi connectivity index (χ4n) is 1.46. The lowest BCUT2D eigenvalue weighted by Gasteiger charge is -2.07. The highest BCUT2D eigenvalue weighted by atomic mass is 16.5. The second kappa shape index (κ2) is 7.27. The van der Waals surface area contributed by atoms with Crippen LogP contribution in [-0.2, 0) is 18.8 Å². The van der Waals surface area contributed by atoms with Gasteiger partial charge in [-0.3, -0.25) is 13.9 Å². The molecule has 0 spiro atoms. The van der Waals surface area contributed by atoms with Gasteiger partial charge in [0.2, 0.25) is 5.88 Å². The lowest BCUT2D eigenvalue weighted by Crippen LogP contribution is -2.38. The Balaban J connectivity index is 2.85. The number of nitrogens with one attached hydrogen (secondary N) is 1. The van der Waals surface area contributed by atoms with E-state index in [9.17, 15) is 19.5 Å². The van der Waals surface area contributed by atoms with Gasteiger partial charge in [-0.25, -0.2) is 15.0 Å². The van der Waals surface area contributed by atoms with Gasteiger partial charge in [-0.1, -0.05) is 13.3 Å². The summed E-state index contributed by atoms with van der Waals surface area (Å²) in [7, 11) is 2.58. The van der Waals surface area contributed by atoms with Gasteiger partial charge in [0, 0.05) is 14.1 Å². The topological polar surface area (TPSA) is 115 Å². The molecule has 0 aliphatic rings. The van der Waals surface area contributed by atoms with Crippen LogP contribution in [0.3, 0.4) is 0 Å². The third-order valence-corrected chi connectivity index (χ3v) is 2.75. The van der Waals surface area contributed by atoms with Crippen LogP contribution in [0.25, 0.3) is 0 Å². The van der Waals surface area contributed by atoms with E-state index in [0.717, 1.165) is 28.2 Å². The molecular formula is C12H18N4O5. The monoisotopic (exact) mass is 298 g/mol. The summed E-state index contributed by atoms with van der Waals surface area (Å²) in [5, 5.41) is 13.3. The normalized spacial score (nSPS) is 10.8. The standard InChI is InChI=1S/C12H18N4O5/c1-4-5-6-21-11(19)14-13-7-8-9(17)15(2)12(20)16(3)10(8)18/h7,17H,4-6H2,1-3H3,(H,14,19)/b13-7+. The lowest BCUT2D eigenvalue weighted by molar-refractivity contribution is 0.145. The Morgan fingerprint density at radius 1 is 1.38 bits per heavy atom.